The van der Waals surface area contributed by atoms with Gasteiger partial charge in [0.1, 0.15) is 6.61 Å². The minimum absolute atomic E-state index is 0.224. The van der Waals surface area contributed by atoms with Crippen LogP contribution in [0, 0.1) is 0 Å². The van der Waals surface area contributed by atoms with Crippen molar-refractivity contribution in [3.05, 3.63) is 84.8 Å². The molecule has 0 heterocycles. The summed E-state index contributed by atoms with van der Waals surface area (Å²) >= 11 is 30.8. The van der Waals surface area contributed by atoms with Crippen LogP contribution < -0.4 is 14.8 Å². The Morgan fingerprint density at radius 1 is 0.793 bits per heavy atom. The molecule has 3 nitrogen and oxygen atoms in total. The summed E-state index contributed by atoms with van der Waals surface area (Å²) in [4.78, 5) is 0. The largest absolute Gasteiger partial charge is 0.493 e. The summed E-state index contributed by atoms with van der Waals surface area (Å²) < 4.78 is 11.3. The van der Waals surface area contributed by atoms with Crippen molar-refractivity contribution < 1.29 is 9.47 Å². The van der Waals surface area contributed by atoms with Crippen LogP contribution in [0.15, 0.2) is 48.5 Å². The van der Waals surface area contributed by atoms with Crippen LogP contribution in [0.2, 0.25) is 25.1 Å². The lowest BCUT2D eigenvalue weighted by molar-refractivity contribution is 0.284. The molecule has 0 atom stereocenters. The number of hydrogen-bond acceptors (Lipinski definition) is 3. The lowest BCUT2D eigenvalue weighted by Gasteiger charge is -2.16. The number of anilines is 1. The molecular formula is C21H16Cl5NO2. The average molecular weight is 492 g/mol. The molecule has 3 aromatic rings. The highest BCUT2D eigenvalue weighted by Gasteiger charge is 2.14. The van der Waals surface area contributed by atoms with E-state index in [-0.39, 0.29) is 6.61 Å². The normalized spacial score (nSPS) is 10.7. The highest BCUT2D eigenvalue weighted by Crippen LogP contribution is 2.38. The molecule has 0 aliphatic heterocycles. The van der Waals surface area contributed by atoms with Crippen LogP contribution in [0.25, 0.3) is 0 Å². The van der Waals surface area contributed by atoms with Gasteiger partial charge >= 0.3 is 0 Å². The summed E-state index contributed by atoms with van der Waals surface area (Å²) in [6, 6.07) is 14.1. The van der Waals surface area contributed by atoms with Crippen molar-refractivity contribution in [2.45, 2.75) is 13.2 Å². The number of hydrogen-bond donors (Lipinski definition) is 1. The summed E-state index contributed by atoms with van der Waals surface area (Å²) in [5.74, 6) is 0.946. The molecule has 0 spiro atoms. The topological polar surface area (TPSA) is 30.5 Å². The van der Waals surface area contributed by atoms with E-state index >= 15 is 0 Å². The molecule has 0 aromatic heterocycles. The van der Waals surface area contributed by atoms with Gasteiger partial charge in [-0.3, -0.25) is 0 Å². The Morgan fingerprint density at radius 2 is 1.52 bits per heavy atom. The maximum Gasteiger partial charge on any atom is 0.180 e. The van der Waals surface area contributed by atoms with E-state index in [9.17, 15) is 0 Å². The predicted molar refractivity (Wildman–Crippen MR) is 123 cm³/mol. The summed E-state index contributed by atoms with van der Waals surface area (Å²) in [5.41, 5.74) is 2.40. The molecule has 8 heteroatoms. The number of methoxy groups -OCH3 is 1. The van der Waals surface area contributed by atoms with E-state index in [0.29, 0.717) is 43.2 Å². The molecular weight excluding hydrogens is 476 g/mol. The average Bonchev–Trinajstić information content (AvgIpc) is 2.68. The molecule has 0 aliphatic carbocycles. The van der Waals surface area contributed by atoms with Crippen LogP contribution in [-0.2, 0) is 13.2 Å². The van der Waals surface area contributed by atoms with Gasteiger partial charge in [0.2, 0.25) is 0 Å². The predicted octanol–water partition coefficient (Wildman–Crippen LogP) is 8.15. The number of halogens is 5. The van der Waals surface area contributed by atoms with Crippen LogP contribution in [0.1, 0.15) is 11.1 Å². The quantitative estimate of drug-likeness (QED) is 0.362. The van der Waals surface area contributed by atoms with Gasteiger partial charge in [-0.15, -0.1) is 0 Å². The molecule has 152 valence electrons. The molecule has 0 amide bonds. The number of rotatable bonds is 7. The van der Waals surface area contributed by atoms with Crippen LogP contribution in [0.3, 0.4) is 0 Å². The van der Waals surface area contributed by atoms with Crippen molar-refractivity contribution in [1.29, 1.82) is 0 Å². The SMILES string of the molecule is COc1cc(CNc2cc(Cl)ccc2Cl)cc(Cl)c1OCc1ccc(Cl)cc1Cl. The third kappa shape index (κ3) is 5.78. The number of nitrogens with one attached hydrogen (secondary N) is 1. The minimum Gasteiger partial charge on any atom is -0.493 e. The van der Waals surface area contributed by atoms with Gasteiger partial charge in [-0.1, -0.05) is 64.1 Å². The van der Waals surface area contributed by atoms with E-state index in [1.807, 2.05) is 6.07 Å². The Bertz CT molecular complexity index is 1030. The Balaban J connectivity index is 1.75. The third-order valence-electron chi connectivity index (χ3n) is 4.09. The van der Waals surface area contributed by atoms with Gasteiger partial charge in [0, 0.05) is 27.2 Å². The molecule has 3 rings (SSSR count). The monoisotopic (exact) mass is 489 g/mol. The van der Waals surface area contributed by atoms with Gasteiger partial charge in [-0.2, -0.15) is 0 Å². The summed E-state index contributed by atoms with van der Waals surface area (Å²) in [6.45, 7) is 0.696. The van der Waals surface area contributed by atoms with E-state index in [4.69, 9.17) is 67.5 Å². The lowest BCUT2D eigenvalue weighted by Crippen LogP contribution is -2.03. The highest BCUT2D eigenvalue weighted by atomic mass is 35.5. The number of ether oxygens (including phenoxy) is 2. The van der Waals surface area contributed by atoms with Gasteiger partial charge < -0.3 is 14.8 Å². The van der Waals surface area contributed by atoms with Gasteiger partial charge in [-0.25, -0.2) is 0 Å². The maximum atomic E-state index is 6.45. The molecule has 0 saturated carbocycles. The molecule has 0 radical (unpaired) electrons. The van der Waals surface area contributed by atoms with Gasteiger partial charge in [0.05, 0.1) is 22.8 Å². The first-order valence-electron chi connectivity index (χ1n) is 8.49. The van der Waals surface area contributed by atoms with Crippen LogP contribution in [0.4, 0.5) is 5.69 Å². The zero-order chi connectivity index (χ0) is 21.0. The fraction of sp³-hybridized carbons (Fsp3) is 0.143. The van der Waals surface area contributed by atoms with E-state index in [1.165, 1.54) is 0 Å². The van der Waals surface area contributed by atoms with Crippen molar-refractivity contribution >= 4 is 63.7 Å². The molecule has 3 aromatic carbocycles. The molecule has 29 heavy (non-hydrogen) atoms. The van der Waals surface area contributed by atoms with Gasteiger partial charge in [0.15, 0.2) is 11.5 Å². The van der Waals surface area contributed by atoms with Crippen molar-refractivity contribution in [3.8, 4) is 11.5 Å². The molecule has 0 aliphatic rings. The van der Waals surface area contributed by atoms with Crippen molar-refractivity contribution in [1.82, 2.24) is 0 Å². The zero-order valence-corrected chi connectivity index (χ0v) is 19.0. The maximum absolute atomic E-state index is 6.45. The smallest absolute Gasteiger partial charge is 0.180 e. The van der Waals surface area contributed by atoms with E-state index in [0.717, 1.165) is 16.8 Å². The fourth-order valence-corrected chi connectivity index (χ4v) is 3.74. The zero-order valence-electron chi connectivity index (χ0n) is 15.2. The van der Waals surface area contributed by atoms with Crippen molar-refractivity contribution in [2.24, 2.45) is 0 Å². The van der Waals surface area contributed by atoms with Gasteiger partial charge in [0.25, 0.3) is 0 Å². The fourth-order valence-electron chi connectivity index (χ4n) is 2.63. The summed E-state index contributed by atoms with van der Waals surface area (Å²) in [6.07, 6.45) is 0. The summed E-state index contributed by atoms with van der Waals surface area (Å²) in [7, 11) is 1.55. The second-order valence-electron chi connectivity index (χ2n) is 6.11. The Labute approximate surface area is 194 Å². The first-order valence-corrected chi connectivity index (χ1v) is 10.4. The second kappa shape index (κ2) is 10.0. The first-order chi connectivity index (χ1) is 13.9. The second-order valence-corrected chi connectivity index (χ2v) is 8.21. The minimum atomic E-state index is 0.224. The highest BCUT2D eigenvalue weighted by molar-refractivity contribution is 6.35. The third-order valence-corrected chi connectivity index (χ3v) is 5.52. The standard InChI is InChI=1S/C21H16Cl5NO2/c1-28-20-7-12(10-27-19-9-15(23)4-5-16(19)24)6-18(26)21(20)29-11-13-2-3-14(22)8-17(13)25/h2-9,27H,10-11H2,1H3. The summed E-state index contributed by atoms with van der Waals surface area (Å²) in [5, 5.41) is 5.91. The lowest BCUT2D eigenvalue weighted by atomic mass is 10.2. The molecule has 0 unspecified atom stereocenters. The van der Waals surface area contributed by atoms with Crippen molar-refractivity contribution in [2.75, 3.05) is 12.4 Å². The van der Waals surface area contributed by atoms with Crippen LogP contribution in [0.5, 0.6) is 11.5 Å². The Hall–Kier alpha value is -1.49. The molecule has 0 fully saturated rings. The van der Waals surface area contributed by atoms with Crippen molar-refractivity contribution in [3.63, 3.8) is 0 Å². The molecule has 0 saturated heterocycles. The first kappa shape index (κ1) is 22.2. The Kier molecular flexibility index (Phi) is 7.66. The van der Waals surface area contributed by atoms with Crippen LogP contribution in [-0.4, -0.2) is 7.11 Å². The molecule has 0 bridgehead atoms. The van der Waals surface area contributed by atoms with E-state index in [2.05, 4.69) is 5.32 Å². The number of benzene rings is 3. The van der Waals surface area contributed by atoms with Gasteiger partial charge in [-0.05, 0) is 48.0 Å². The van der Waals surface area contributed by atoms with Crippen LogP contribution >= 0.6 is 58.0 Å². The van der Waals surface area contributed by atoms with E-state index < -0.39 is 0 Å². The molecule has 1 N–H and O–H groups in total. The Morgan fingerprint density at radius 3 is 2.24 bits per heavy atom. The van der Waals surface area contributed by atoms with E-state index in [1.54, 1.807) is 49.6 Å².